The van der Waals surface area contributed by atoms with E-state index in [1.165, 1.54) is 18.4 Å². The fraction of sp³-hybridized carbons (Fsp3) is 0.545. The van der Waals surface area contributed by atoms with Gasteiger partial charge >= 0.3 is 0 Å². The average molecular weight is 562 g/mol. The van der Waals surface area contributed by atoms with Gasteiger partial charge in [0.05, 0.1) is 10.7 Å². The molecule has 1 aromatic carbocycles. The molecule has 8 heteroatoms. The van der Waals surface area contributed by atoms with Gasteiger partial charge in [0, 0.05) is 42.5 Å². The first-order valence-corrected chi connectivity index (χ1v) is 11.7. The number of nitrogens with zero attached hydrogens (tertiary/aromatic N) is 3. The van der Waals surface area contributed by atoms with Gasteiger partial charge in [0.1, 0.15) is 0 Å². The van der Waals surface area contributed by atoms with Crippen molar-refractivity contribution in [1.82, 2.24) is 20.5 Å². The molecule has 1 saturated heterocycles. The molecule has 5 nitrogen and oxygen atoms in total. The van der Waals surface area contributed by atoms with E-state index in [-0.39, 0.29) is 24.0 Å². The van der Waals surface area contributed by atoms with Crippen LogP contribution in [0.3, 0.4) is 0 Å². The van der Waals surface area contributed by atoms with Crippen LogP contribution in [0.4, 0.5) is 0 Å². The van der Waals surface area contributed by atoms with Gasteiger partial charge in [-0.3, -0.25) is 9.89 Å². The first kappa shape index (κ1) is 25.4. The van der Waals surface area contributed by atoms with Gasteiger partial charge in [-0.05, 0) is 63.9 Å². The highest BCUT2D eigenvalue weighted by Gasteiger charge is 2.30. The molecule has 2 heterocycles. The molecular formula is C22H33ClIN5S. The highest BCUT2D eigenvalue weighted by atomic mass is 127. The molecule has 0 aliphatic carbocycles. The minimum Gasteiger partial charge on any atom is -0.357 e. The Bertz CT molecular complexity index is 812. The van der Waals surface area contributed by atoms with Crippen LogP contribution in [0, 0.1) is 12.8 Å². The lowest BCUT2D eigenvalue weighted by molar-refractivity contribution is 0.125. The third-order valence-electron chi connectivity index (χ3n) is 5.37. The number of hydrogen-bond acceptors (Lipinski definition) is 4. The number of halogens is 2. The Morgan fingerprint density at radius 3 is 2.90 bits per heavy atom. The Morgan fingerprint density at radius 2 is 2.20 bits per heavy atom. The van der Waals surface area contributed by atoms with E-state index in [4.69, 9.17) is 16.6 Å². The van der Waals surface area contributed by atoms with E-state index in [1.807, 2.05) is 19.1 Å². The van der Waals surface area contributed by atoms with Crippen molar-refractivity contribution in [2.45, 2.75) is 39.2 Å². The van der Waals surface area contributed by atoms with Crippen molar-refractivity contribution >= 4 is 52.9 Å². The van der Waals surface area contributed by atoms with Crippen molar-refractivity contribution in [3.8, 4) is 0 Å². The number of aryl methyl sites for hydroxylation is 1. The normalized spacial score (nSPS) is 19.9. The van der Waals surface area contributed by atoms with Crippen LogP contribution >= 0.6 is 46.9 Å². The topological polar surface area (TPSA) is 52.6 Å². The van der Waals surface area contributed by atoms with Crippen molar-refractivity contribution in [2.24, 2.45) is 10.9 Å². The molecule has 166 valence electrons. The fourth-order valence-corrected chi connectivity index (χ4v) is 4.90. The average Bonchev–Trinajstić information content (AvgIpc) is 3.11. The summed E-state index contributed by atoms with van der Waals surface area (Å²) in [5.41, 5.74) is 2.43. The van der Waals surface area contributed by atoms with Crippen LogP contribution in [-0.4, -0.2) is 49.1 Å². The molecule has 0 spiro atoms. The third-order valence-corrected chi connectivity index (χ3v) is 6.42. The summed E-state index contributed by atoms with van der Waals surface area (Å²) in [6, 6.07) is 8.63. The van der Waals surface area contributed by atoms with Crippen LogP contribution in [-0.2, 0) is 6.42 Å². The number of nitrogens with one attached hydrogen (secondary N) is 2. The molecule has 30 heavy (non-hydrogen) atoms. The van der Waals surface area contributed by atoms with Crippen LogP contribution in [0.5, 0.6) is 0 Å². The van der Waals surface area contributed by atoms with Crippen molar-refractivity contribution in [1.29, 1.82) is 0 Å². The van der Waals surface area contributed by atoms with Gasteiger partial charge in [0.15, 0.2) is 5.96 Å². The van der Waals surface area contributed by atoms with Gasteiger partial charge in [-0.2, -0.15) is 0 Å². The molecule has 0 saturated carbocycles. The van der Waals surface area contributed by atoms with Crippen molar-refractivity contribution < 1.29 is 0 Å². The standard InChI is InChI=1S/C22H32ClN5S.HI/c1-4-24-22(25-11-10-20-15-29-16(2)27-20)26-14-18-8-6-12-28(3)21(18)17-7-5-9-19(23)13-17;/h5,7,9,13,15,18,21H,4,6,8,10-12,14H2,1-3H3,(H2,24,25,26);1H. The fourth-order valence-electron chi connectivity index (χ4n) is 4.05. The maximum atomic E-state index is 6.27. The lowest BCUT2D eigenvalue weighted by atomic mass is 9.85. The van der Waals surface area contributed by atoms with Crippen LogP contribution in [0.25, 0.3) is 0 Å². The Morgan fingerprint density at radius 1 is 1.37 bits per heavy atom. The summed E-state index contributed by atoms with van der Waals surface area (Å²) in [6.07, 6.45) is 3.30. The predicted octanol–water partition coefficient (Wildman–Crippen LogP) is 4.90. The SMILES string of the molecule is CCNC(=NCC1CCCN(C)C1c1cccc(Cl)c1)NCCc1csc(C)n1.I. The Labute approximate surface area is 206 Å². The first-order valence-electron chi connectivity index (χ1n) is 10.5. The molecular weight excluding hydrogens is 529 g/mol. The van der Waals surface area contributed by atoms with Crippen LogP contribution in [0.1, 0.15) is 42.1 Å². The smallest absolute Gasteiger partial charge is 0.191 e. The number of rotatable bonds is 7. The highest BCUT2D eigenvalue weighted by Crippen LogP contribution is 2.36. The van der Waals surface area contributed by atoms with Gasteiger partial charge in [-0.1, -0.05) is 23.7 Å². The largest absolute Gasteiger partial charge is 0.357 e. The molecule has 1 fully saturated rings. The number of piperidine rings is 1. The van der Waals surface area contributed by atoms with E-state index >= 15 is 0 Å². The number of aromatic nitrogens is 1. The molecule has 3 rings (SSSR count). The Kier molecular flexibility index (Phi) is 10.8. The zero-order chi connectivity index (χ0) is 20.6. The second kappa shape index (κ2) is 12.8. The van der Waals surface area contributed by atoms with Gasteiger partial charge in [-0.15, -0.1) is 35.3 Å². The number of thiazole rings is 1. The van der Waals surface area contributed by atoms with Gasteiger partial charge in [0.2, 0.25) is 0 Å². The minimum atomic E-state index is 0. The summed E-state index contributed by atoms with van der Waals surface area (Å²) in [5.74, 6) is 1.36. The van der Waals surface area contributed by atoms with Crippen LogP contribution in [0.2, 0.25) is 5.02 Å². The predicted molar refractivity (Wildman–Crippen MR) is 139 cm³/mol. The number of likely N-dealkylation sites (tertiary alicyclic amines) is 1. The van der Waals surface area contributed by atoms with E-state index in [9.17, 15) is 0 Å². The molecule has 2 atom stereocenters. The number of hydrogen-bond donors (Lipinski definition) is 2. The molecule has 0 radical (unpaired) electrons. The second-order valence-electron chi connectivity index (χ2n) is 7.64. The Balaban J connectivity index is 0.00000320. The maximum absolute atomic E-state index is 6.27. The summed E-state index contributed by atoms with van der Waals surface area (Å²) in [4.78, 5) is 11.9. The van der Waals surface area contributed by atoms with E-state index in [2.05, 4.69) is 52.0 Å². The summed E-state index contributed by atoms with van der Waals surface area (Å²) in [7, 11) is 2.21. The van der Waals surface area contributed by atoms with E-state index in [1.54, 1.807) is 11.3 Å². The minimum absolute atomic E-state index is 0. The number of aliphatic imine (C=N–C) groups is 1. The number of guanidine groups is 1. The zero-order valence-corrected chi connectivity index (χ0v) is 21.9. The molecule has 1 aromatic heterocycles. The van der Waals surface area contributed by atoms with Crippen LogP contribution < -0.4 is 10.6 Å². The van der Waals surface area contributed by atoms with Gasteiger partial charge in [0.25, 0.3) is 0 Å². The summed E-state index contributed by atoms with van der Waals surface area (Å²) < 4.78 is 0. The second-order valence-corrected chi connectivity index (χ2v) is 9.14. The lowest BCUT2D eigenvalue weighted by Gasteiger charge is -2.39. The zero-order valence-electron chi connectivity index (χ0n) is 18.0. The monoisotopic (exact) mass is 561 g/mol. The molecule has 2 aromatic rings. The van der Waals surface area contributed by atoms with Crippen LogP contribution in [0.15, 0.2) is 34.6 Å². The summed E-state index contributed by atoms with van der Waals surface area (Å²) in [5, 5.41) is 10.9. The molecule has 2 N–H and O–H groups in total. The molecule has 0 bridgehead atoms. The molecule has 2 unspecified atom stereocenters. The summed E-state index contributed by atoms with van der Waals surface area (Å²) >= 11 is 7.97. The van der Waals surface area contributed by atoms with Gasteiger partial charge < -0.3 is 10.6 Å². The maximum Gasteiger partial charge on any atom is 0.191 e. The van der Waals surface area contributed by atoms with E-state index < -0.39 is 0 Å². The van der Waals surface area contributed by atoms with Crippen molar-refractivity contribution in [2.75, 3.05) is 33.2 Å². The quantitative estimate of drug-likeness (QED) is 0.287. The van der Waals surface area contributed by atoms with Crippen molar-refractivity contribution in [3.05, 3.63) is 50.9 Å². The highest BCUT2D eigenvalue weighted by molar-refractivity contribution is 14.0. The molecule has 1 aliphatic rings. The molecule has 1 aliphatic heterocycles. The first-order chi connectivity index (χ1) is 14.1. The van der Waals surface area contributed by atoms with E-state index in [0.717, 1.165) is 54.3 Å². The van der Waals surface area contributed by atoms with Gasteiger partial charge in [-0.25, -0.2) is 4.98 Å². The van der Waals surface area contributed by atoms with E-state index in [0.29, 0.717) is 12.0 Å². The lowest BCUT2D eigenvalue weighted by Crippen LogP contribution is -2.40. The summed E-state index contributed by atoms with van der Waals surface area (Å²) in [6.45, 7) is 7.74. The third kappa shape index (κ3) is 7.35. The molecule has 0 amide bonds. The number of benzene rings is 1. The Hall–Kier alpha value is -0.900. The van der Waals surface area contributed by atoms with Crippen molar-refractivity contribution in [3.63, 3.8) is 0 Å².